The Balaban J connectivity index is 1.72. The van der Waals surface area contributed by atoms with Gasteiger partial charge in [0.1, 0.15) is 6.54 Å². The van der Waals surface area contributed by atoms with Crippen LogP contribution in [0.2, 0.25) is 0 Å². The van der Waals surface area contributed by atoms with Gasteiger partial charge in [0.2, 0.25) is 11.8 Å². The molecule has 0 saturated carbocycles. The van der Waals surface area contributed by atoms with Gasteiger partial charge in [0.25, 0.3) is 0 Å². The molecule has 118 valence electrons. The smallest absolute Gasteiger partial charge is 0.244 e. The lowest BCUT2D eigenvalue weighted by molar-refractivity contribution is -0.122. The van der Waals surface area contributed by atoms with Gasteiger partial charge in [-0.1, -0.05) is 19.1 Å². The molecular formula is C16H22N4O2. The molecule has 3 rings (SSSR count). The number of likely N-dealkylation sites (tertiary alicyclic amines) is 1. The highest BCUT2D eigenvalue weighted by molar-refractivity contribution is 6.10. The standard InChI is InChI=1S/C16H22N4O2/c1-16(10-17)6-7-19(11-16)9-15(22)20-8-14(21)18-12-4-2-3-5-13(12)20/h2-5H,6-11,17H2,1H3,(H,18,21). The number of anilines is 2. The number of rotatable bonds is 3. The molecule has 6 nitrogen and oxygen atoms in total. The van der Waals surface area contributed by atoms with E-state index in [2.05, 4.69) is 17.1 Å². The molecule has 3 N–H and O–H groups in total. The van der Waals surface area contributed by atoms with E-state index in [0.29, 0.717) is 18.8 Å². The molecule has 0 bridgehead atoms. The molecule has 0 spiro atoms. The maximum absolute atomic E-state index is 12.6. The van der Waals surface area contributed by atoms with Crippen molar-refractivity contribution in [2.45, 2.75) is 13.3 Å². The first-order valence-electron chi connectivity index (χ1n) is 7.62. The molecular weight excluding hydrogens is 280 g/mol. The van der Waals surface area contributed by atoms with Crippen LogP contribution in [-0.2, 0) is 9.59 Å². The highest BCUT2D eigenvalue weighted by atomic mass is 16.2. The minimum absolute atomic E-state index is 0.0384. The zero-order chi connectivity index (χ0) is 15.7. The maximum Gasteiger partial charge on any atom is 0.244 e. The molecule has 0 aromatic heterocycles. The molecule has 2 aliphatic heterocycles. The van der Waals surface area contributed by atoms with Gasteiger partial charge in [0, 0.05) is 6.54 Å². The van der Waals surface area contributed by atoms with Crippen LogP contribution in [0.15, 0.2) is 24.3 Å². The fraction of sp³-hybridized carbons (Fsp3) is 0.500. The van der Waals surface area contributed by atoms with E-state index in [4.69, 9.17) is 5.73 Å². The summed E-state index contributed by atoms with van der Waals surface area (Å²) < 4.78 is 0. The highest BCUT2D eigenvalue weighted by Gasteiger charge is 2.35. The molecule has 0 radical (unpaired) electrons. The first-order chi connectivity index (χ1) is 10.5. The third-order valence-corrected chi connectivity index (χ3v) is 4.56. The second kappa shape index (κ2) is 5.70. The number of hydrogen-bond acceptors (Lipinski definition) is 4. The van der Waals surface area contributed by atoms with Crippen molar-refractivity contribution in [3.63, 3.8) is 0 Å². The van der Waals surface area contributed by atoms with E-state index in [1.807, 2.05) is 24.3 Å². The van der Waals surface area contributed by atoms with Gasteiger partial charge in [0.15, 0.2) is 0 Å². The Labute approximate surface area is 130 Å². The van der Waals surface area contributed by atoms with Crippen molar-refractivity contribution in [2.75, 3.05) is 42.9 Å². The van der Waals surface area contributed by atoms with Gasteiger partial charge in [-0.3, -0.25) is 19.4 Å². The van der Waals surface area contributed by atoms with Crippen molar-refractivity contribution in [3.05, 3.63) is 24.3 Å². The van der Waals surface area contributed by atoms with E-state index in [1.54, 1.807) is 4.90 Å². The average Bonchev–Trinajstić information content (AvgIpc) is 2.88. The van der Waals surface area contributed by atoms with Crippen LogP contribution in [0, 0.1) is 5.41 Å². The van der Waals surface area contributed by atoms with Crippen molar-refractivity contribution >= 4 is 23.2 Å². The first-order valence-corrected chi connectivity index (χ1v) is 7.62. The quantitative estimate of drug-likeness (QED) is 0.859. The van der Waals surface area contributed by atoms with Gasteiger partial charge >= 0.3 is 0 Å². The van der Waals surface area contributed by atoms with Crippen LogP contribution in [0.4, 0.5) is 11.4 Å². The van der Waals surface area contributed by atoms with E-state index >= 15 is 0 Å². The molecule has 1 unspecified atom stereocenters. The second-order valence-corrected chi connectivity index (χ2v) is 6.52. The lowest BCUT2D eigenvalue weighted by Crippen LogP contribution is -2.46. The Hall–Kier alpha value is -1.92. The number of carbonyl (C=O) groups is 2. The Kier molecular flexibility index (Phi) is 3.88. The van der Waals surface area contributed by atoms with Crippen LogP contribution in [0.5, 0.6) is 0 Å². The highest BCUT2D eigenvalue weighted by Crippen LogP contribution is 2.31. The molecule has 0 aliphatic carbocycles. The van der Waals surface area contributed by atoms with E-state index in [1.165, 1.54) is 0 Å². The average molecular weight is 302 g/mol. The summed E-state index contributed by atoms with van der Waals surface area (Å²) in [6.07, 6.45) is 1.01. The fourth-order valence-corrected chi connectivity index (χ4v) is 3.16. The number of nitrogens with zero attached hydrogens (tertiary/aromatic N) is 2. The molecule has 1 saturated heterocycles. The minimum atomic E-state index is -0.153. The zero-order valence-corrected chi connectivity index (χ0v) is 12.8. The van der Waals surface area contributed by atoms with Gasteiger partial charge < -0.3 is 11.1 Å². The molecule has 2 heterocycles. The predicted octanol–water partition coefficient (Wildman–Crippen LogP) is 0.642. The monoisotopic (exact) mass is 302 g/mol. The number of nitrogens with two attached hydrogens (primary N) is 1. The van der Waals surface area contributed by atoms with E-state index < -0.39 is 0 Å². The first kappa shape index (κ1) is 15.0. The number of hydrogen-bond donors (Lipinski definition) is 2. The normalized spacial score (nSPS) is 25.0. The van der Waals surface area contributed by atoms with Gasteiger partial charge in [0.05, 0.1) is 17.9 Å². The van der Waals surface area contributed by atoms with E-state index in [9.17, 15) is 9.59 Å². The van der Waals surface area contributed by atoms with Gasteiger partial charge in [-0.05, 0) is 37.1 Å². The van der Waals surface area contributed by atoms with E-state index in [-0.39, 0.29) is 23.8 Å². The second-order valence-electron chi connectivity index (χ2n) is 6.52. The lowest BCUT2D eigenvalue weighted by Gasteiger charge is -2.30. The Morgan fingerprint density at radius 3 is 2.91 bits per heavy atom. The van der Waals surface area contributed by atoms with Gasteiger partial charge in [-0.2, -0.15) is 0 Å². The summed E-state index contributed by atoms with van der Waals surface area (Å²) in [6, 6.07) is 7.40. The minimum Gasteiger partial charge on any atom is -0.330 e. The summed E-state index contributed by atoms with van der Waals surface area (Å²) >= 11 is 0. The Bertz CT molecular complexity index is 604. The number of nitrogens with one attached hydrogen (secondary N) is 1. The SMILES string of the molecule is CC1(CN)CCN(CC(=O)N2CC(=O)Nc3ccccc32)C1. The van der Waals surface area contributed by atoms with Gasteiger partial charge in [-0.15, -0.1) is 0 Å². The summed E-state index contributed by atoms with van der Waals surface area (Å²) in [4.78, 5) is 28.1. The van der Waals surface area contributed by atoms with E-state index in [0.717, 1.165) is 25.2 Å². The molecule has 22 heavy (non-hydrogen) atoms. The zero-order valence-electron chi connectivity index (χ0n) is 12.8. The topological polar surface area (TPSA) is 78.7 Å². The molecule has 1 aromatic carbocycles. The van der Waals surface area contributed by atoms with Crippen molar-refractivity contribution in [2.24, 2.45) is 11.1 Å². The summed E-state index contributed by atoms with van der Waals surface area (Å²) in [5, 5.41) is 2.80. The third-order valence-electron chi connectivity index (χ3n) is 4.56. The number of fused-ring (bicyclic) bond motifs is 1. The van der Waals surface area contributed by atoms with Crippen LogP contribution in [-0.4, -0.2) is 49.4 Å². The molecule has 2 aliphatic rings. The lowest BCUT2D eigenvalue weighted by atomic mass is 9.90. The molecule has 2 amide bonds. The summed E-state index contributed by atoms with van der Waals surface area (Å²) in [5.74, 6) is -0.191. The van der Waals surface area contributed by atoms with Crippen LogP contribution >= 0.6 is 0 Å². The predicted molar refractivity (Wildman–Crippen MR) is 85.6 cm³/mol. The van der Waals surface area contributed by atoms with Crippen LogP contribution in [0.1, 0.15) is 13.3 Å². The van der Waals surface area contributed by atoms with Crippen molar-refractivity contribution in [1.82, 2.24) is 4.90 Å². The van der Waals surface area contributed by atoms with Gasteiger partial charge in [-0.25, -0.2) is 0 Å². The largest absolute Gasteiger partial charge is 0.330 e. The number of amides is 2. The summed E-state index contributed by atoms with van der Waals surface area (Å²) in [7, 11) is 0. The van der Waals surface area contributed by atoms with Crippen LogP contribution < -0.4 is 16.0 Å². The van der Waals surface area contributed by atoms with Crippen LogP contribution in [0.25, 0.3) is 0 Å². The van der Waals surface area contributed by atoms with Crippen molar-refractivity contribution in [1.29, 1.82) is 0 Å². The molecule has 6 heteroatoms. The third kappa shape index (κ3) is 2.84. The number of benzene rings is 1. The van der Waals surface area contributed by atoms with Crippen LogP contribution in [0.3, 0.4) is 0 Å². The Morgan fingerprint density at radius 2 is 2.18 bits per heavy atom. The molecule has 1 aromatic rings. The number of para-hydroxylation sites is 2. The molecule has 1 atom stereocenters. The van der Waals surface area contributed by atoms with Crippen molar-refractivity contribution in [3.8, 4) is 0 Å². The number of carbonyl (C=O) groups excluding carboxylic acids is 2. The Morgan fingerprint density at radius 1 is 1.41 bits per heavy atom. The van der Waals surface area contributed by atoms with Crippen molar-refractivity contribution < 1.29 is 9.59 Å². The summed E-state index contributed by atoms with van der Waals surface area (Å²) in [6.45, 7) is 4.90. The maximum atomic E-state index is 12.6. The fourth-order valence-electron chi connectivity index (χ4n) is 3.16. The summed E-state index contributed by atoms with van der Waals surface area (Å²) in [5.41, 5.74) is 7.37. The molecule has 1 fully saturated rings.